The molecule has 28 heavy (non-hydrogen) atoms. The Kier molecular flexibility index (Phi) is 6.57. The lowest BCUT2D eigenvalue weighted by atomic mass is 10.2. The Hall–Kier alpha value is -3.86. The summed E-state index contributed by atoms with van der Waals surface area (Å²) in [5.74, 6) is -0.0118. The van der Waals surface area contributed by atoms with Crippen molar-refractivity contribution in [3.63, 3.8) is 0 Å². The second-order valence-electron chi connectivity index (χ2n) is 5.96. The van der Waals surface area contributed by atoms with Crippen LogP contribution in [0.2, 0.25) is 0 Å². The van der Waals surface area contributed by atoms with Gasteiger partial charge in [-0.05, 0) is 35.9 Å². The molecule has 0 bridgehead atoms. The van der Waals surface area contributed by atoms with Crippen molar-refractivity contribution in [3.8, 4) is 5.75 Å². The first-order chi connectivity index (χ1) is 13.7. The molecule has 0 saturated carbocycles. The number of para-hydroxylation sites is 1. The molecule has 3 aromatic rings. The summed E-state index contributed by atoms with van der Waals surface area (Å²) in [7, 11) is 0. The van der Waals surface area contributed by atoms with Crippen molar-refractivity contribution in [2.45, 2.75) is 0 Å². The molecule has 140 valence electrons. The minimum absolute atomic E-state index is 0.125. The molecule has 0 aromatic heterocycles. The third kappa shape index (κ3) is 6.14. The van der Waals surface area contributed by atoms with E-state index in [0.29, 0.717) is 17.1 Å². The fourth-order valence-corrected chi connectivity index (χ4v) is 2.45. The Morgan fingerprint density at radius 1 is 0.786 bits per heavy atom. The first-order valence-corrected chi connectivity index (χ1v) is 8.81. The van der Waals surface area contributed by atoms with Crippen molar-refractivity contribution < 1.29 is 14.3 Å². The van der Waals surface area contributed by atoms with Gasteiger partial charge in [0, 0.05) is 23.5 Å². The highest BCUT2D eigenvalue weighted by Crippen LogP contribution is 2.17. The van der Waals surface area contributed by atoms with Gasteiger partial charge < -0.3 is 15.4 Å². The second kappa shape index (κ2) is 9.73. The number of nitrogens with one attached hydrogen (secondary N) is 2. The van der Waals surface area contributed by atoms with E-state index in [1.807, 2.05) is 48.5 Å². The molecule has 0 saturated heterocycles. The highest BCUT2D eigenvalue weighted by molar-refractivity contribution is 6.02. The number of anilines is 2. The van der Waals surface area contributed by atoms with E-state index in [-0.39, 0.29) is 18.4 Å². The van der Waals surface area contributed by atoms with Crippen LogP contribution < -0.4 is 15.4 Å². The van der Waals surface area contributed by atoms with Crippen molar-refractivity contribution in [1.82, 2.24) is 0 Å². The molecule has 3 rings (SSSR count). The van der Waals surface area contributed by atoms with Crippen molar-refractivity contribution in [2.24, 2.45) is 0 Å². The number of amides is 2. The molecule has 0 aliphatic heterocycles. The molecule has 0 unspecified atom stereocenters. The summed E-state index contributed by atoms with van der Waals surface area (Å²) in [6.07, 6.45) is 3.21. The Labute approximate surface area is 163 Å². The normalized spacial score (nSPS) is 10.4. The van der Waals surface area contributed by atoms with Crippen LogP contribution in [-0.4, -0.2) is 18.4 Å². The second-order valence-corrected chi connectivity index (χ2v) is 5.96. The van der Waals surface area contributed by atoms with Crippen molar-refractivity contribution in [1.29, 1.82) is 0 Å². The maximum absolute atomic E-state index is 12.1. The summed E-state index contributed by atoms with van der Waals surface area (Å²) >= 11 is 0. The van der Waals surface area contributed by atoms with Crippen LogP contribution >= 0.6 is 0 Å². The fourth-order valence-electron chi connectivity index (χ4n) is 2.45. The van der Waals surface area contributed by atoms with E-state index in [9.17, 15) is 9.59 Å². The molecule has 2 N–H and O–H groups in total. The zero-order valence-corrected chi connectivity index (χ0v) is 15.2. The SMILES string of the molecule is O=C(C=Cc1ccccc1)Nc1cccc(OCC(=O)Nc2ccccc2)c1. The number of hydrogen-bond donors (Lipinski definition) is 2. The van der Waals surface area contributed by atoms with Crippen LogP contribution in [0.25, 0.3) is 6.08 Å². The Balaban J connectivity index is 1.51. The summed E-state index contributed by atoms with van der Waals surface area (Å²) < 4.78 is 5.51. The smallest absolute Gasteiger partial charge is 0.262 e. The maximum Gasteiger partial charge on any atom is 0.262 e. The summed E-state index contributed by atoms with van der Waals surface area (Å²) in [6, 6.07) is 25.6. The summed E-state index contributed by atoms with van der Waals surface area (Å²) in [5.41, 5.74) is 2.24. The zero-order chi connectivity index (χ0) is 19.6. The van der Waals surface area contributed by atoms with E-state index >= 15 is 0 Å². The topological polar surface area (TPSA) is 67.4 Å². The predicted octanol–water partition coefficient (Wildman–Crippen LogP) is 4.36. The molecule has 0 heterocycles. The summed E-state index contributed by atoms with van der Waals surface area (Å²) in [4.78, 5) is 24.0. The Morgan fingerprint density at radius 3 is 2.21 bits per heavy atom. The van der Waals surface area contributed by atoms with E-state index in [2.05, 4.69) is 10.6 Å². The largest absolute Gasteiger partial charge is 0.484 e. The van der Waals surface area contributed by atoms with Crippen LogP contribution in [0, 0.1) is 0 Å². The Morgan fingerprint density at radius 2 is 1.46 bits per heavy atom. The van der Waals surface area contributed by atoms with Crippen molar-refractivity contribution in [2.75, 3.05) is 17.2 Å². The predicted molar refractivity (Wildman–Crippen MR) is 111 cm³/mol. The lowest BCUT2D eigenvalue weighted by molar-refractivity contribution is -0.118. The first-order valence-electron chi connectivity index (χ1n) is 8.81. The minimum atomic E-state index is -0.258. The zero-order valence-electron chi connectivity index (χ0n) is 15.2. The van der Waals surface area contributed by atoms with Gasteiger partial charge in [-0.1, -0.05) is 54.6 Å². The van der Waals surface area contributed by atoms with E-state index in [1.165, 1.54) is 6.08 Å². The van der Waals surface area contributed by atoms with Crippen molar-refractivity contribution in [3.05, 3.63) is 96.6 Å². The first kappa shape index (κ1) is 18.9. The number of hydrogen-bond acceptors (Lipinski definition) is 3. The van der Waals surface area contributed by atoms with Gasteiger partial charge >= 0.3 is 0 Å². The number of carbonyl (C=O) groups excluding carboxylic acids is 2. The van der Waals surface area contributed by atoms with Crippen molar-refractivity contribution >= 4 is 29.3 Å². The van der Waals surface area contributed by atoms with E-state index in [1.54, 1.807) is 42.5 Å². The fraction of sp³-hybridized carbons (Fsp3) is 0.0435. The molecular formula is C23H20N2O3. The third-order valence-electron chi connectivity index (χ3n) is 3.76. The Bertz CT molecular complexity index is 954. The molecule has 0 aliphatic carbocycles. The van der Waals surface area contributed by atoms with Gasteiger partial charge in [0.15, 0.2) is 6.61 Å². The molecule has 0 fully saturated rings. The minimum Gasteiger partial charge on any atom is -0.484 e. The molecule has 5 heteroatoms. The average Bonchev–Trinajstić information content (AvgIpc) is 2.73. The van der Waals surface area contributed by atoms with Gasteiger partial charge in [-0.3, -0.25) is 9.59 Å². The average molecular weight is 372 g/mol. The van der Waals surface area contributed by atoms with Gasteiger partial charge in [0.25, 0.3) is 5.91 Å². The number of rotatable bonds is 7. The van der Waals surface area contributed by atoms with E-state index < -0.39 is 0 Å². The number of ether oxygens (including phenoxy) is 1. The molecule has 0 radical (unpaired) electrons. The number of benzene rings is 3. The third-order valence-corrected chi connectivity index (χ3v) is 3.76. The lowest BCUT2D eigenvalue weighted by Crippen LogP contribution is -2.20. The van der Waals surface area contributed by atoms with Gasteiger partial charge in [-0.25, -0.2) is 0 Å². The highest BCUT2D eigenvalue weighted by Gasteiger charge is 2.05. The highest BCUT2D eigenvalue weighted by atomic mass is 16.5. The van der Waals surface area contributed by atoms with E-state index in [0.717, 1.165) is 5.56 Å². The molecule has 0 aliphatic rings. The summed E-state index contributed by atoms with van der Waals surface area (Å²) in [6.45, 7) is -0.125. The molecular weight excluding hydrogens is 352 g/mol. The van der Waals surface area contributed by atoms with Crippen LogP contribution in [-0.2, 0) is 9.59 Å². The van der Waals surface area contributed by atoms with Crippen LogP contribution in [0.5, 0.6) is 5.75 Å². The molecule has 0 spiro atoms. The lowest BCUT2D eigenvalue weighted by Gasteiger charge is -2.09. The van der Waals surface area contributed by atoms with Crippen LogP contribution in [0.15, 0.2) is 91.0 Å². The monoisotopic (exact) mass is 372 g/mol. The van der Waals surface area contributed by atoms with E-state index in [4.69, 9.17) is 4.74 Å². The number of carbonyl (C=O) groups is 2. The maximum atomic E-state index is 12.1. The van der Waals surface area contributed by atoms with Crippen LogP contribution in [0.1, 0.15) is 5.56 Å². The van der Waals surface area contributed by atoms with Gasteiger partial charge in [0.1, 0.15) is 5.75 Å². The van der Waals surface area contributed by atoms with Gasteiger partial charge in [0.2, 0.25) is 5.91 Å². The molecule has 0 atom stereocenters. The molecule has 2 amide bonds. The van der Waals surface area contributed by atoms with Gasteiger partial charge in [-0.15, -0.1) is 0 Å². The quantitative estimate of drug-likeness (QED) is 0.606. The molecule has 3 aromatic carbocycles. The van der Waals surface area contributed by atoms with Gasteiger partial charge in [0.05, 0.1) is 0 Å². The van der Waals surface area contributed by atoms with Crippen LogP contribution in [0.3, 0.4) is 0 Å². The van der Waals surface area contributed by atoms with Gasteiger partial charge in [-0.2, -0.15) is 0 Å². The van der Waals surface area contributed by atoms with Crippen LogP contribution in [0.4, 0.5) is 11.4 Å². The standard InChI is InChI=1S/C23H20N2O3/c26-22(15-14-18-8-3-1-4-9-18)25-20-12-7-13-21(16-20)28-17-23(27)24-19-10-5-2-6-11-19/h1-16H,17H2,(H,24,27)(H,25,26). The summed E-state index contributed by atoms with van der Waals surface area (Å²) in [5, 5.41) is 5.52. The molecule has 5 nitrogen and oxygen atoms in total.